The van der Waals surface area contributed by atoms with Crippen molar-refractivity contribution in [2.75, 3.05) is 13.1 Å². The van der Waals surface area contributed by atoms with Crippen LogP contribution in [0.5, 0.6) is 0 Å². The SMILES string of the molecule is CCCCN(CCCC)C(=S)SNC(=O)c1ccccc1. The molecule has 0 saturated carbocycles. The quantitative estimate of drug-likeness (QED) is 0.600. The van der Waals surface area contributed by atoms with Crippen molar-refractivity contribution in [1.82, 2.24) is 9.62 Å². The summed E-state index contributed by atoms with van der Waals surface area (Å²) in [5.41, 5.74) is 0.654. The summed E-state index contributed by atoms with van der Waals surface area (Å²) in [4.78, 5) is 14.2. The number of amides is 1. The minimum atomic E-state index is -0.103. The first-order valence-electron chi connectivity index (χ1n) is 7.50. The maximum absolute atomic E-state index is 12.0. The summed E-state index contributed by atoms with van der Waals surface area (Å²) >= 11 is 6.69. The van der Waals surface area contributed by atoms with Gasteiger partial charge in [-0.25, -0.2) is 0 Å². The molecule has 3 nitrogen and oxygen atoms in total. The molecule has 0 bridgehead atoms. The van der Waals surface area contributed by atoms with Crippen LogP contribution in [0, 0.1) is 0 Å². The van der Waals surface area contributed by atoms with Gasteiger partial charge in [0.1, 0.15) is 0 Å². The fourth-order valence-corrected chi connectivity index (χ4v) is 2.71. The van der Waals surface area contributed by atoms with Gasteiger partial charge in [-0.3, -0.25) is 9.52 Å². The second kappa shape index (κ2) is 10.6. The highest BCUT2D eigenvalue weighted by Gasteiger charge is 2.12. The molecule has 0 radical (unpaired) electrons. The molecule has 0 atom stereocenters. The average molecular weight is 325 g/mol. The summed E-state index contributed by atoms with van der Waals surface area (Å²) in [5, 5.41) is 0. The second-order valence-electron chi connectivity index (χ2n) is 4.86. The number of unbranched alkanes of at least 4 members (excludes halogenated alkanes) is 2. The van der Waals surface area contributed by atoms with Gasteiger partial charge in [0, 0.05) is 30.6 Å². The predicted molar refractivity (Wildman–Crippen MR) is 95.5 cm³/mol. The summed E-state index contributed by atoms with van der Waals surface area (Å²) in [7, 11) is 0. The van der Waals surface area contributed by atoms with Crippen molar-refractivity contribution in [2.45, 2.75) is 39.5 Å². The molecule has 1 rings (SSSR count). The van der Waals surface area contributed by atoms with Crippen LogP contribution < -0.4 is 4.72 Å². The molecule has 0 aliphatic rings. The zero-order valence-electron chi connectivity index (χ0n) is 12.8. The first-order valence-corrected chi connectivity index (χ1v) is 8.72. The Labute approximate surface area is 137 Å². The molecule has 0 aliphatic carbocycles. The van der Waals surface area contributed by atoms with Crippen molar-refractivity contribution in [3.05, 3.63) is 35.9 Å². The number of carbonyl (C=O) groups is 1. The van der Waals surface area contributed by atoms with Crippen LogP contribution in [-0.4, -0.2) is 28.2 Å². The van der Waals surface area contributed by atoms with Gasteiger partial charge in [-0.1, -0.05) is 57.1 Å². The summed E-state index contributed by atoms with van der Waals surface area (Å²) < 4.78 is 3.58. The maximum atomic E-state index is 12.0. The van der Waals surface area contributed by atoms with Crippen molar-refractivity contribution >= 4 is 34.4 Å². The topological polar surface area (TPSA) is 32.3 Å². The smallest absolute Gasteiger partial charge is 0.261 e. The zero-order chi connectivity index (χ0) is 15.5. The summed E-state index contributed by atoms with van der Waals surface area (Å²) in [5.74, 6) is -0.103. The molecular weight excluding hydrogens is 300 g/mol. The number of hydrogen-bond donors (Lipinski definition) is 1. The number of hydrogen-bond acceptors (Lipinski definition) is 3. The van der Waals surface area contributed by atoms with Crippen LogP contribution in [-0.2, 0) is 0 Å². The molecule has 0 unspecified atom stereocenters. The minimum absolute atomic E-state index is 0.103. The molecule has 1 aromatic rings. The van der Waals surface area contributed by atoms with E-state index in [1.54, 1.807) is 12.1 Å². The molecule has 1 aromatic carbocycles. The highest BCUT2D eigenvalue weighted by molar-refractivity contribution is 8.22. The Morgan fingerprint density at radius 2 is 1.71 bits per heavy atom. The second-order valence-corrected chi connectivity index (χ2v) is 6.30. The van der Waals surface area contributed by atoms with E-state index in [0.29, 0.717) is 5.56 Å². The van der Waals surface area contributed by atoms with Crippen molar-refractivity contribution in [2.24, 2.45) is 0 Å². The first-order chi connectivity index (χ1) is 10.2. The van der Waals surface area contributed by atoms with Crippen LogP contribution in [0.2, 0.25) is 0 Å². The maximum Gasteiger partial charge on any atom is 0.261 e. The van der Waals surface area contributed by atoms with E-state index in [0.717, 1.165) is 43.1 Å². The van der Waals surface area contributed by atoms with Crippen molar-refractivity contribution in [3.63, 3.8) is 0 Å². The third kappa shape index (κ3) is 6.96. The van der Waals surface area contributed by atoms with Crippen LogP contribution in [0.15, 0.2) is 30.3 Å². The molecule has 116 valence electrons. The Kier molecular flexibility index (Phi) is 9.10. The van der Waals surface area contributed by atoms with E-state index in [1.165, 1.54) is 11.9 Å². The molecule has 0 aliphatic heterocycles. The lowest BCUT2D eigenvalue weighted by molar-refractivity contribution is 0.0984. The Hall–Kier alpha value is -1.07. The lowest BCUT2D eigenvalue weighted by Crippen LogP contribution is -2.32. The number of thiocarbonyl (C=S) groups is 1. The zero-order valence-corrected chi connectivity index (χ0v) is 14.4. The van der Waals surface area contributed by atoms with Crippen LogP contribution in [0.4, 0.5) is 0 Å². The molecule has 0 saturated heterocycles. The Bertz CT molecular complexity index is 429. The molecule has 0 heterocycles. The number of benzene rings is 1. The highest BCUT2D eigenvalue weighted by Crippen LogP contribution is 2.10. The Balaban J connectivity index is 2.46. The summed E-state index contributed by atoms with van der Waals surface area (Å²) in [6, 6.07) is 9.20. The van der Waals surface area contributed by atoms with Gasteiger partial charge >= 0.3 is 0 Å². The number of nitrogens with zero attached hydrogens (tertiary/aromatic N) is 1. The molecule has 1 amide bonds. The van der Waals surface area contributed by atoms with E-state index in [2.05, 4.69) is 23.5 Å². The van der Waals surface area contributed by atoms with Gasteiger partial charge < -0.3 is 4.90 Å². The molecule has 0 fully saturated rings. The van der Waals surface area contributed by atoms with Crippen LogP contribution in [0.3, 0.4) is 0 Å². The number of rotatable bonds is 7. The van der Waals surface area contributed by atoms with E-state index in [-0.39, 0.29) is 5.91 Å². The molecule has 0 aromatic heterocycles. The lowest BCUT2D eigenvalue weighted by Gasteiger charge is -2.24. The molecular formula is C16H24N2OS2. The minimum Gasteiger partial charge on any atom is -0.356 e. The van der Waals surface area contributed by atoms with E-state index < -0.39 is 0 Å². The van der Waals surface area contributed by atoms with Gasteiger partial charge in [0.25, 0.3) is 5.91 Å². The van der Waals surface area contributed by atoms with Crippen molar-refractivity contribution < 1.29 is 4.79 Å². The van der Waals surface area contributed by atoms with Crippen LogP contribution in [0.1, 0.15) is 49.9 Å². The van der Waals surface area contributed by atoms with Crippen molar-refractivity contribution in [1.29, 1.82) is 0 Å². The molecule has 5 heteroatoms. The Morgan fingerprint density at radius 1 is 1.14 bits per heavy atom. The fourth-order valence-electron chi connectivity index (χ4n) is 1.80. The van der Waals surface area contributed by atoms with Gasteiger partial charge in [-0.2, -0.15) is 0 Å². The summed E-state index contributed by atoms with van der Waals surface area (Å²) in [6.07, 6.45) is 4.53. The average Bonchev–Trinajstić information content (AvgIpc) is 2.53. The number of nitrogens with one attached hydrogen (secondary N) is 1. The third-order valence-electron chi connectivity index (χ3n) is 3.09. The third-order valence-corrected chi connectivity index (χ3v) is 4.32. The van der Waals surface area contributed by atoms with Gasteiger partial charge in [-0.05, 0) is 25.0 Å². The van der Waals surface area contributed by atoms with Crippen LogP contribution in [0.25, 0.3) is 0 Å². The molecule has 1 N–H and O–H groups in total. The van der Waals surface area contributed by atoms with Gasteiger partial charge in [0.05, 0.1) is 0 Å². The van der Waals surface area contributed by atoms with E-state index in [1.807, 2.05) is 18.2 Å². The van der Waals surface area contributed by atoms with E-state index >= 15 is 0 Å². The first kappa shape index (κ1) is 18.0. The fraction of sp³-hybridized carbons (Fsp3) is 0.500. The lowest BCUT2D eigenvalue weighted by atomic mass is 10.2. The number of carbonyl (C=O) groups excluding carboxylic acids is 1. The van der Waals surface area contributed by atoms with Gasteiger partial charge in [-0.15, -0.1) is 0 Å². The summed E-state index contributed by atoms with van der Waals surface area (Å²) in [6.45, 7) is 6.27. The standard InChI is InChI=1S/C16H24N2OS2/c1-3-5-12-18(13-6-4-2)16(20)21-17-15(19)14-10-8-7-9-11-14/h7-11H,3-6,12-13H2,1-2H3,(H,17,19). The molecule has 21 heavy (non-hydrogen) atoms. The largest absolute Gasteiger partial charge is 0.356 e. The van der Waals surface area contributed by atoms with Crippen molar-refractivity contribution in [3.8, 4) is 0 Å². The molecule has 0 spiro atoms. The highest BCUT2D eigenvalue weighted by atomic mass is 32.2. The van der Waals surface area contributed by atoms with Gasteiger partial charge in [0.2, 0.25) is 0 Å². The van der Waals surface area contributed by atoms with E-state index in [4.69, 9.17) is 12.2 Å². The Morgan fingerprint density at radius 3 is 2.24 bits per heavy atom. The van der Waals surface area contributed by atoms with Crippen LogP contribution >= 0.6 is 24.2 Å². The normalized spacial score (nSPS) is 10.2. The monoisotopic (exact) mass is 324 g/mol. The van der Waals surface area contributed by atoms with Gasteiger partial charge in [0.15, 0.2) is 4.32 Å². The van der Waals surface area contributed by atoms with E-state index in [9.17, 15) is 4.79 Å². The predicted octanol–water partition coefficient (Wildman–Crippen LogP) is 4.25.